The van der Waals surface area contributed by atoms with Gasteiger partial charge < -0.3 is 10.1 Å². The highest BCUT2D eigenvalue weighted by Gasteiger charge is 2.20. The predicted molar refractivity (Wildman–Crippen MR) is 102 cm³/mol. The van der Waals surface area contributed by atoms with E-state index in [2.05, 4.69) is 43.3 Å². The number of carbonyl (C=O) groups excluding carboxylic acids is 1. The summed E-state index contributed by atoms with van der Waals surface area (Å²) >= 11 is 0. The van der Waals surface area contributed by atoms with Gasteiger partial charge in [0.15, 0.2) is 0 Å². The highest BCUT2D eigenvalue weighted by molar-refractivity contribution is 5.94. The highest BCUT2D eigenvalue weighted by Crippen LogP contribution is 2.17. The Morgan fingerprint density at radius 1 is 1.15 bits per heavy atom. The van der Waals surface area contributed by atoms with Gasteiger partial charge in [0, 0.05) is 11.1 Å². The van der Waals surface area contributed by atoms with Crippen molar-refractivity contribution >= 4 is 5.91 Å². The van der Waals surface area contributed by atoms with E-state index < -0.39 is 0 Å². The Balaban J connectivity index is 1.93. The van der Waals surface area contributed by atoms with Crippen LogP contribution in [-0.4, -0.2) is 26.4 Å². The lowest BCUT2D eigenvalue weighted by atomic mass is 9.98. The summed E-state index contributed by atoms with van der Waals surface area (Å²) < 4.78 is 7.56. The molecule has 1 heterocycles. The highest BCUT2D eigenvalue weighted by atomic mass is 16.5. The standard InChI is InChI=1S/C20H30N4O2/c1-7-12-20(5,6)21-18(25)15-8-10-17(11-9-15)26-14-16-13-24(23-22-16)19(2,3)4/h8-11,13H,7,12,14H2,1-6H3,(H,21,25). The second-order valence-electron chi connectivity index (χ2n) is 8.23. The summed E-state index contributed by atoms with van der Waals surface area (Å²) in [5.74, 6) is 0.628. The molecule has 6 nitrogen and oxygen atoms in total. The minimum atomic E-state index is -0.208. The van der Waals surface area contributed by atoms with Gasteiger partial charge in [0.2, 0.25) is 0 Å². The molecule has 1 amide bonds. The molecule has 6 heteroatoms. The van der Waals surface area contributed by atoms with E-state index in [0.717, 1.165) is 18.5 Å². The maximum Gasteiger partial charge on any atom is 0.251 e. The Hall–Kier alpha value is -2.37. The normalized spacial score (nSPS) is 12.1. The zero-order valence-electron chi connectivity index (χ0n) is 16.7. The van der Waals surface area contributed by atoms with Crippen molar-refractivity contribution in [2.45, 2.75) is 72.1 Å². The molecule has 1 N–H and O–H groups in total. The van der Waals surface area contributed by atoms with Gasteiger partial charge in [0.1, 0.15) is 18.1 Å². The van der Waals surface area contributed by atoms with Gasteiger partial charge in [0.05, 0.1) is 11.7 Å². The average molecular weight is 358 g/mol. The van der Waals surface area contributed by atoms with E-state index in [0.29, 0.717) is 17.9 Å². The van der Waals surface area contributed by atoms with Crippen molar-refractivity contribution in [3.8, 4) is 5.75 Å². The minimum Gasteiger partial charge on any atom is -0.487 e. The van der Waals surface area contributed by atoms with Crippen LogP contribution in [0.3, 0.4) is 0 Å². The van der Waals surface area contributed by atoms with Gasteiger partial charge in [0.25, 0.3) is 5.91 Å². The van der Waals surface area contributed by atoms with Crippen LogP contribution in [-0.2, 0) is 12.1 Å². The molecule has 0 aliphatic carbocycles. The molecule has 0 bridgehead atoms. The van der Waals surface area contributed by atoms with Crippen LogP contribution >= 0.6 is 0 Å². The van der Waals surface area contributed by atoms with Gasteiger partial charge in [-0.1, -0.05) is 18.6 Å². The molecule has 0 aliphatic rings. The van der Waals surface area contributed by atoms with Crippen LogP contribution in [0.25, 0.3) is 0 Å². The summed E-state index contributed by atoms with van der Waals surface area (Å²) in [5.41, 5.74) is 1.08. The van der Waals surface area contributed by atoms with Crippen LogP contribution in [0, 0.1) is 0 Å². The molecule has 2 rings (SSSR count). The number of nitrogens with zero attached hydrogens (tertiary/aromatic N) is 3. The first-order valence-corrected chi connectivity index (χ1v) is 9.08. The van der Waals surface area contributed by atoms with E-state index in [1.54, 1.807) is 24.3 Å². The molecule has 2 aromatic rings. The number of hydrogen-bond donors (Lipinski definition) is 1. The summed E-state index contributed by atoms with van der Waals surface area (Å²) in [6.07, 6.45) is 3.85. The van der Waals surface area contributed by atoms with Gasteiger partial charge in [-0.15, -0.1) is 5.10 Å². The quantitative estimate of drug-likeness (QED) is 0.814. The Bertz CT molecular complexity index is 727. The first-order valence-electron chi connectivity index (χ1n) is 9.08. The second kappa shape index (κ2) is 7.89. The van der Waals surface area contributed by atoms with Crippen LogP contribution in [0.4, 0.5) is 0 Å². The zero-order chi connectivity index (χ0) is 19.4. The van der Waals surface area contributed by atoms with E-state index in [1.165, 1.54) is 0 Å². The maximum absolute atomic E-state index is 12.3. The van der Waals surface area contributed by atoms with Crippen LogP contribution in [0.2, 0.25) is 0 Å². The molecular weight excluding hydrogens is 328 g/mol. The van der Waals surface area contributed by atoms with E-state index >= 15 is 0 Å². The number of benzene rings is 1. The summed E-state index contributed by atoms with van der Waals surface area (Å²) in [4.78, 5) is 12.3. The molecule has 0 aliphatic heterocycles. The van der Waals surface area contributed by atoms with Crippen LogP contribution in [0.15, 0.2) is 30.5 Å². The molecule has 0 atom stereocenters. The number of carbonyl (C=O) groups is 1. The van der Waals surface area contributed by atoms with E-state index in [9.17, 15) is 4.79 Å². The molecular formula is C20H30N4O2. The van der Waals surface area contributed by atoms with Gasteiger partial charge in [-0.2, -0.15) is 0 Å². The summed E-state index contributed by atoms with van der Waals surface area (Å²) in [6.45, 7) is 12.7. The number of nitrogens with one attached hydrogen (secondary N) is 1. The molecule has 0 unspecified atom stereocenters. The summed E-state index contributed by atoms with van der Waals surface area (Å²) in [6, 6.07) is 7.16. The van der Waals surface area contributed by atoms with Crippen LogP contribution in [0.1, 0.15) is 70.4 Å². The lowest BCUT2D eigenvalue weighted by Gasteiger charge is -2.25. The smallest absolute Gasteiger partial charge is 0.251 e. The fraction of sp³-hybridized carbons (Fsp3) is 0.550. The molecule has 1 aromatic heterocycles. The first-order chi connectivity index (χ1) is 12.1. The minimum absolute atomic E-state index is 0.0666. The number of hydrogen-bond acceptors (Lipinski definition) is 4. The van der Waals surface area contributed by atoms with Crippen LogP contribution in [0.5, 0.6) is 5.75 Å². The summed E-state index contributed by atoms with van der Waals surface area (Å²) in [5, 5.41) is 11.3. The maximum atomic E-state index is 12.3. The van der Waals surface area contributed by atoms with E-state index in [-0.39, 0.29) is 17.0 Å². The fourth-order valence-electron chi connectivity index (χ4n) is 2.62. The fourth-order valence-corrected chi connectivity index (χ4v) is 2.62. The third kappa shape index (κ3) is 5.58. The molecule has 0 saturated carbocycles. The number of aromatic nitrogens is 3. The molecule has 0 fully saturated rings. The SMILES string of the molecule is CCCC(C)(C)NC(=O)c1ccc(OCc2cn(C(C)(C)C)nn2)cc1. The molecule has 142 valence electrons. The third-order valence-corrected chi connectivity index (χ3v) is 4.06. The number of rotatable bonds is 7. The number of ether oxygens (including phenoxy) is 1. The third-order valence-electron chi connectivity index (χ3n) is 4.06. The van der Waals surface area contributed by atoms with Gasteiger partial charge in [-0.3, -0.25) is 4.79 Å². The van der Waals surface area contributed by atoms with E-state index in [1.807, 2.05) is 24.7 Å². The monoisotopic (exact) mass is 358 g/mol. The Morgan fingerprint density at radius 2 is 1.81 bits per heavy atom. The molecule has 0 radical (unpaired) electrons. The topological polar surface area (TPSA) is 69.0 Å². The molecule has 26 heavy (non-hydrogen) atoms. The van der Waals surface area contributed by atoms with Crippen molar-refractivity contribution in [3.05, 3.63) is 41.7 Å². The van der Waals surface area contributed by atoms with Gasteiger partial charge in [-0.05, 0) is 65.3 Å². The van der Waals surface area contributed by atoms with Crippen molar-refractivity contribution in [3.63, 3.8) is 0 Å². The second-order valence-corrected chi connectivity index (χ2v) is 8.23. The Morgan fingerprint density at radius 3 is 2.35 bits per heavy atom. The van der Waals surface area contributed by atoms with Crippen molar-refractivity contribution in [1.29, 1.82) is 0 Å². The van der Waals surface area contributed by atoms with Crippen molar-refractivity contribution in [2.75, 3.05) is 0 Å². The van der Waals surface area contributed by atoms with Crippen LogP contribution < -0.4 is 10.1 Å². The van der Waals surface area contributed by atoms with Gasteiger partial charge >= 0.3 is 0 Å². The predicted octanol–water partition coefficient (Wildman–Crippen LogP) is 3.92. The first kappa shape index (κ1) is 19.9. The molecule has 1 aromatic carbocycles. The Labute approximate surface area is 155 Å². The Kier molecular flexibility index (Phi) is 6.05. The van der Waals surface area contributed by atoms with Crippen molar-refractivity contribution in [2.24, 2.45) is 0 Å². The van der Waals surface area contributed by atoms with Crippen molar-refractivity contribution < 1.29 is 9.53 Å². The summed E-state index contributed by atoms with van der Waals surface area (Å²) in [7, 11) is 0. The average Bonchev–Trinajstić information content (AvgIpc) is 3.02. The van der Waals surface area contributed by atoms with Gasteiger partial charge in [-0.25, -0.2) is 4.68 Å². The van der Waals surface area contributed by atoms with Crippen molar-refractivity contribution in [1.82, 2.24) is 20.3 Å². The van der Waals surface area contributed by atoms with E-state index in [4.69, 9.17) is 4.74 Å². The lowest BCUT2D eigenvalue weighted by molar-refractivity contribution is 0.0909. The zero-order valence-corrected chi connectivity index (χ0v) is 16.7. The lowest BCUT2D eigenvalue weighted by Crippen LogP contribution is -2.43. The largest absolute Gasteiger partial charge is 0.487 e. The molecule has 0 spiro atoms. The number of amides is 1. The molecule has 0 saturated heterocycles.